The fraction of sp³-hybridized carbons (Fsp3) is 0.286. The molecule has 0 saturated heterocycles. The van der Waals surface area contributed by atoms with Crippen molar-refractivity contribution < 1.29 is 26.0 Å². The fourth-order valence-electron chi connectivity index (χ4n) is 5.13. The van der Waals surface area contributed by atoms with Crippen LogP contribution in [-0.2, 0) is 26.3 Å². The molecule has 1 unspecified atom stereocenters. The molecular weight excluding hydrogens is 613 g/mol. The zero-order chi connectivity index (χ0) is 29.0. The Kier molecular flexibility index (Phi) is 13.2. The Morgan fingerprint density at radius 1 is 0.775 bits per heavy atom. The van der Waals surface area contributed by atoms with Gasteiger partial charge in [0.15, 0.2) is 0 Å². The number of hydrogen-bond donors (Lipinski definition) is 1. The van der Waals surface area contributed by atoms with Crippen LogP contribution in [0.2, 0.25) is 0 Å². The maximum absolute atomic E-state index is 12.0. The van der Waals surface area contributed by atoms with Crippen LogP contribution < -0.4 is 0 Å². The SMILES string of the molecule is CC(C)CCCC(C)N=Cc1c(-c2ccccc2)ccc(C(C)(c2ccccc2)c2ccccc2)c1O.[Cl][Zr][Cl]. The second-order valence-electron chi connectivity index (χ2n) is 10.7. The minimum atomic E-state index is -0.826. The zero-order valence-electron chi connectivity index (χ0n) is 23.8. The quantitative estimate of drug-likeness (QED) is 0.134. The van der Waals surface area contributed by atoms with Crippen molar-refractivity contribution in [3.05, 3.63) is 125 Å². The molecule has 5 heteroatoms. The van der Waals surface area contributed by atoms with Gasteiger partial charge in [0, 0.05) is 28.8 Å². The average Bonchev–Trinajstić information content (AvgIpc) is 2.97. The van der Waals surface area contributed by atoms with E-state index in [0.29, 0.717) is 5.92 Å². The van der Waals surface area contributed by atoms with Crippen LogP contribution in [0.5, 0.6) is 5.75 Å². The van der Waals surface area contributed by atoms with Gasteiger partial charge in [0.05, 0.1) is 0 Å². The molecule has 4 rings (SSSR count). The van der Waals surface area contributed by atoms with E-state index in [4.69, 9.17) is 22.0 Å². The third-order valence-corrected chi connectivity index (χ3v) is 7.40. The predicted molar refractivity (Wildman–Crippen MR) is 169 cm³/mol. The normalized spacial score (nSPS) is 12.2. The van der Waals surface area contributed by atoms with Gasteiger partial charge in [-0.15, -0.1) is 0 Å². The molecule has 1 atom stereocenters. The van der Waals surface area contributed by atoms with Crippen molar-refractivity contribution in [1.82, 2.24) is 0 Å². The number of rotatable bonds is 10. The summed E-state index contributed by atoms with van der Waals surface area (Å²) >= 11 is -0.826. The molecule has 0 aliphatic heterocycles. The molecule has 40 heavy (non-hydrogen) atoms. The summed E-state index contributed by atoms with van der Waals surface area (Å²) < 4.78 is 0. The fourth-order valence-corrected chi connectivity index (χ4v) is 5.13. The Bertz CT molecular complexity index is 1290. The first-order chi connectivity index (χ1) is 19.3. The summed E-state index contributed by atoms with van der Waals surface area (Å²) in [4.78, 5) is 4.92. The molecule has 2 nitrogen and oxygen atoms in total. The number of halogens is 2. The molecule has 1 N–H and O–H groups in total. The first-order valence-corrected chi connectivity index (χ1v) is 20.2. The van der Waals surface area contributed by atoms with Crippen LogP contribution in [0.25, 0.3) is 11.1 Å². The first-order valence-electron chi connectivity index (χ1n) is 13.8. The first kappa shape index (κ1) is 32.3. The van der Waals surface area contributed by atoms with Crippen LogP contribution in [-0.4, -0.2) is 17.4 Å². The summed E-state index contributed by atoms with van der Waals surface area (Å²) in [7, 11) is 9.87. The summed E-state index contributed by atoms with van der Waals surface area (Å²) in [6.45, 7) is 8.89. The number of aromatic hydroxyl groups is 1. The summed E-state index contributed by atoms with van der Waals surface area (Å²) in [6, 6.07) is 35.6. The number of aliphatic imine (C=N–C) groups is 1. The van der Waals surface area contributed by atoms with Gasteiger partial charge in [-0.3, -0.25) is 4.99 Å². The molecule has 0 aliphatic rings. The van der Waals surface area contributed by atoms with E-state index in [1.54, 1.807) is 0 Å². The Morgan fingerprint density at radius 2 is 1.27 bits per heavy atom. The van der Waals surface area contributed by atoms with Gasteiger partial charge in [0.2, 0.25) is 0 Å². The third-order valence-electron chi connectivity index (χ3n) is 7.40. The molecule has 0 amide bonds. The molecule has 0 aliphatic carbocycles. The van der Waals surface area contributed by atoms with Crippen molar-refractivity contribution >= 4 is 23.2 Å². The van der Waals surface area contributed by atoms with E-state index in [-0.39, 0.29) is 11.8 Å². The van der Waals surface area contributed by atoms with Crippen LogP contribution in [0.3, 0.4) is 0 Å². The zero-order valence-corrected chi connectivity index (χ0v) is 27.8. The molecule has 0 heterocycles. The van der Waals surface area contributed by atoms with Crippen LogP contribution in [0, 0.1) is 5.92 Å². The van der Waals surface area contributed by atoms with E-state index >= 15 is 0 Å². The van der Waals surface area contributed by atoms with Crippen molar-refractivity contribution in [1.29, 1.82) is 0 Å². The third kappa shape index (κ3) is 8.42. The van der Waals surface area contributed by atoms with Crippen molar-refractivity contribution in [2.75, 3.05) is 0 Å². The van der Waals surface area contributed by atoms with Gasteiger partial charge in [-0.2, -0.15) is 0 Å². The van der Waals surface area contributed by atoms with Crippen molar-refractivity contribution in [2.45, 2.75) is 58.4 Å². The molecule has 0 saturated carbocycles. The summed E-state index contributed by atoms with van der Waals surface area (Å²) in [6.07, 6.45) is 5.31. The molecule has 0 radical (unpaired) electrons. The molecule has 208 valence electrons. The van der Waals surface area contributed by atoms with Crippen molar-refractivity contribution in [2.24, 2.45) is 10.9 Å². The summed E-state index contributed by atoms with van der Waals surface area (Å²) in [5.74, 6) is 0.991. The van der Waals surface area contributed by atoms with Gasteiger partial charge in [0.1, 0.15) is 5.75 Å². The number of phenolic OH excluding ortho intramolecular Hbond substituents is 1. The van der Waals surface area contributed by atoms with Gasteiger partial charge in [0.25, 0.3) is 0 Å². The molecule has 0 bridgehead atoms. The van der Waals surface area contributed by atoms with Crippen LogP contribution >= 0.6 is 17.0 Å². The van der Waals surface area contributed by atoms with E-state index < -0.39 is 26.3 Å². The van der Waals surface area contributed by atoms with Gasteiger partial charge < -0.3 is 5.11 Å². The average molecular weight is 652 g/mol. The minimum absolute atomic E-state index is 0.194. The summed E-state index contributed by atoms with van der Waals surface area (Å²) in [5.41, 5.74) is 5.44. The maximum atomic E-state index is 12.0. The van der Waals surface area contributed by atoms with Gasteiger partial charge in [-0.05, 0) is 48.4 Å². The molecule has 4 aromatic carbocycles. The van der Waals surface area contributed by atoms with E-state index in [1.165, 1.54) is 6.42 Å². The number of nitrogens with zero attached hydrogens (tertiary/aromatic N) is 1. The second kappa shape index (κ2) is 16.3. The molecular formula is C35H39Cl2NOZr. The number of phenols is 1. The Labute approximate surface area is 259 Å². The van der Waals surface area contributed by atoms with E-state index in [9.17, 15) is 5.11 Å². The van der Waals surface area contributed by atoms with Crippen molar-refractivity contribution in [3.8, 4) is 16.9 Å². The van der Waals surface area contributed by atoms with Crippen molar-refractivity contribution in [3.63, 3.8) is 0 Å². The number of hydrogen-bond acceptors (Lipinski definition) is 2. The second-order valence-corrected chi connectivity index (χ2v) is 14.4. The van der Waals surface area contributed by atoms with Gasteiger partial charge in [-0.1, -0.05) is 130 Å². The van der Waals surface area contributed by atoms with E-state index in [1.807, 2.05) is 36.5 Å². The Hall–Kier alpha value is -2.19. The topological polar surface area (TPSA) is 32.6 Å². The van der Waals surface area contributed by atoms with Crippen LogP contribution in [0.1, 0.15) is 69.2 Å². The van der Waals surface area contributed by atoms with Gasteiger partial charge in [-0.25, -0.2) is 0 Å². The molecule has 0 fully saturated rings. The monoisotopic (exact) mass is 649 g/mol. The summed E-state index contributed by atoms with van der Waals surface area (Å²) in [5, 5.41) is 12.0. The van der Waals surface area contributed by atoms with E-state index in [2.05, 4.69) is 100 Å². The number of benzene rings is 4. The molecule has 0 spiro atoms. The standard InChI is InChI=1S/C35H39NO.2ClH.Zr/c1-26(2)15-14-16-27(3)36-25-32-31(28-17-8-5-9-18-28)23-24-33(34(32)37)35(4,29-19-10-6-11-20-29)30-21-12-7-13-22-30;;;/h5-13,17-27,37H,14-16H2,1-4H3;2*1H;/q;;;+2/p-2. The van der Waals surface area contributed by atoms with Crippen LogP contribution in [0.15, 0.2) is 108 Å². The van der Waals surface area contributed by atoms with E-state index in [0.717, 1.165) is 46.2 Å². The molecule has 0 aromatic heterocycles. The Balaban J connectivity index is 0.00000141. The Morgan fingerprint density at radius 3 is 1.77 bits per heavy atom. The van der Waals surface area contributed by atoms with Crippen LogP contribution in [0.4, 0.5) is 0 Å². The predicted octanol–water partition coefficient (Wildman–Crippen LogP) is 10.4. The molecule has 4 aromatic rings. The van der Waals surface area contributed by atoms with Gasteiger partial charge >= 0.3 is 37.9 Å².